The number of aromatic amines is 1. The molecule has 0 aliphatic carbocycles. The van der Waals surface area contributed by atoms with E-state index in [0.29, 0.717) is 6.07 Å². The monoisotopic (exact) mass is 253 g/mol. The predicted octanol–water partition coefficient (Wildman–Crippen LogP) is 0.980. The molecule has 94 valence electrons. The van der Waals surface area contributed by atoms with Crippen LogP contribution >= 0.6 is 0 Å². The SMILES string of the molecule is COc1[nH]c(=O)cc(OC(F)(F)F)c1C(=O)O. The van der Waals surface area contributed by atoms with Crippen LogP contribution in [0.2, 0.25) is 0 Å². The molecule has 0 amide bonds. The number of alkyl halides is 3. The lowest BCUT2D eigenvalue weighted by Crippen LogP contribution is -2.22. The fourth-order valence-corrected chi connectivity index (χ4v) is 1.07. The maximum absolute atomic E-state index is 12.0. The van der Waals surface area contributed by atoms with Crippen LogP contribution in [0.15, 0.2) is 10.9 Å². The highest BCUT2D eigenvalue weighted by Gasteiger charge is 2.34. The Morgan fingerprint density at radius 3 is 2.47 bits per heavy atom. The summed E-state index contributed by atoms with van der Waals surface area (Å²) in [6.45, 7) is 0. The molecule has 0 aliphatic heterocycles. The van der Waals surface area contributed by atoms with Crippen LogP contribution in [0.25, 0.3) is 0 Å². The molecule has 1 aromatic rings. The van der Waals surface area contributed by atoms with E-state index in [0.717, 1.165) is 7.11 Å². The number of methoxy groups -OCH3 is 1. The van der Waals surface area contributed by atoms with Gasteiger partial charge in [-0.3, -0.25) is 9.78 Å². The highest BCUT2D eigenvalue weighted by molar-refractivity contribution is 5.93. The standard InChI is InChI=1S/C8H6F3NO5/c1-16-6-5(7(14)15)3(2-4(13)12-6)17-8(9,10)11/h2H,1H3,(H,12,13)(H,14,15). The lowest BCUT2D eigenvalue weighted by molar-refractivity contribution is -0.274. The molecule has 17 heavy (non-hydrogen) atoms. The second kappa shape index (κ2) is 4.36. The minimum atomic E-state index is -5.11. The Morgan fingerprint density at radius 2 is 2.06 bits per heavy atom. The average Bonchev–Trinajstić information content (AvgIpc) is 2.12. The van der Waals surface area contributed by atoms with E-state index >= 15 is 0 Å². The Balaban J connectivity index is 3.41. The zero-order valence-electron chi connectivity index (χ0n) is 8.29. The zero-order chi connectivity index (χ0) is 13.2. The number of carboxylic acids is 1. The first-order valence-electron chi connectivity index (χ1n) is 4.05. The van der Waals surface area contributed by atoms with Gasteiger partial charge in [-0.2, -0.15) is 0 Å². The van der Waals surface area contributed by atoms with E-state index in [4.69, 9.17) is 5.11 Å². The number of halogens is 3. The Kier molecular flexibility index (Phi) is 3.30. The minimum Gasteiger partial charge on any atom is -0.482 e. The summed E-state index contributed by atoms with van der Waals surface area (Å²) in [4.78, 5) is 23.6. The molecule has 0 spiro atoms. The number of rotatable bonds is 3. The van der Waals surface area contributed by atoms with Gasteiger partial charge in [-0.15, -0.1) is 13.2 Å². The summed E-state index contributed by atoms with van der Waals surface area (Å²) in [6.07, 6.45) is -5.11. The highest BCUT2D eigenvalue weighted by Crippen LogP contribution is 2.29. The van der Waals surface area contributed by atoms with Crippen LogP contribution in [0.4, 0.5) is 13.2 Å². The van der Waals surface area contributed by atoms with Gasteiger partial charge in [0.15, 0.2) is 11.3 Å². The number of nitrogens with one attached hydrogen (secondary N) is 1. The first kappa shape index (κ1) is 12.9. The van der Waals surface area contributed by atoms with Gasteiger partial charge in [0, 0.05) is 6.07 Å². The number of carbonyl (C=O) groups is 1. The molecule has 9 heteroatoms. The predicted molar refractivity (Wildman–Crippen MR) is 47.3 cm³/mol. The lowest BCUT2D eigenvalue weighted by Gasteiger charge is -2.12. The number of aromatic nitrogens is 1. The third-order valence-electron chi connectivity index (χ3n) is 1.62. The third-order valence-corrected chi connectivity index (χ3v) is 1.62. The van der Waals surface area contributed by atoms with Crippen molar-refractivity contribution < 1.29 is 32.5 Å². The molecule has 0 radical (unpaired) electrons. The molecule has 2 N–H and O–H groups in total. The molecule has 1 aromatic heterocycles. The Hall–Kier alpha value is -2.19. The van der Waals surface area contributed by atoms with E-state index in [9.17, 15) is 22.8 Å². The maximum Gasteiger partial charge on any atom is 0.573 e. The van der Waals surface area contributed by atoms with Crippen LogP contribution < -0.4 is 15.0 Å². The van der Waals surface area contributed by atoms with Crippen LogP contribution in [-0.4, -0.2) is 29.5 Å². The zero-order valence-corrected chi connectivity index (χ0v) is 8.29. The van der Waals surface area contributed by atoms with Crippen LogP contribution in [0.1, 0.15) is 10.4 Å². The van der Waals surface area contributed by atoms with Crippen LogP contribution in [0.5, 0.6) is 11.6 Å². The fourth-order valence-electron chi connectivity index (χ4n) is 1.07. The normalized spacial score (nSPS) is 11.1. The van der Waals surface area contributed by atoms with Crippen molar-refractivity contribution in [2.24, 2.45) is 0 Å². The van der Waals surface area contributed by atoms with Crippen molar-refractivity contribution in [3.8, 4) is 11.6 Å². The lowest BCUT2D eigenvalue weighted by atomic mass is 10.2. The summed E-state index contributed by atoms with van der Waals surface area (Å²) in [5.41, 5.74) is -1.89. The van der Waals surface area contributed by atoms with Gasteiger partial charge in [0.05, 0.1) is 7.11 Å². The van der Waals surface area contributed by atoms with Crippen molar-refractivity contribution in [1.29, 1.82) is 0 Å². The maximum atomic E-state index is 12.0. The third kappa shape index (κ3) is 3.13. The second-order valence-corrected chi connectivity index (χ2v) is 2.76. The molecule has 6 nitrogen and oxygen atoms in total. The first-order valence-corrected chi connectivity index (χ1v) is 4.05. The molecule has 0 saturated heterocycles. The van der Waals surface area contributed by atoms with E-state index in [1.165, 1.54) is 0 Å². The van der Waals surface area contributed by atoms with Gasteiger partial charge in [-0.1, -0.05) is 0 Å². The van der Waals surface area contributed by atoms with Crippen molar-refractivity contribution in [2.75, 3.05) is 7.11 Å². The number of carboxylic acid groups (broad SMARTS) is 1. The molecule has 0 unspecified atom stereocenters. The van der Waals surface area contributed by atoms with E-state index in [1.807, 2.05) is 4.98 Å². The molecule has 0 atom stereocenters. The summed E-state index contributed by atoms with van der Waals surface area (Å²) in [6, 6.07) is 0.374. The van der Waals surface area contributed by atoms with Crippen molar-refractivity contribution >= 4 is 5.97 Å². The Morgan fingerprint density at radius 1 is 1.47 bits per heavy atom. The number of pyridine rings is 1. The summed E-state index contributed by atoms with van der Waals surface area (Å²) >= 11 is 0. The van der Waals surface area contributed by atoms with Gasteiger partial charge < -0.3 is 14.6 Å². The van der Waals surface area contributed by atoms with Gasteiger partial charge in [0.25, 0.3) is 5.56 Å². The largest absolute Gasteiger partial charge is 0.573 e. The van der Waals surface area contributed by atoms with Crippen molar-refractivity contribution in [2.45, 2.75) is 6.36 Å². The van der Waals surface area contributed by atoms with E-state index in [1.54, 1.807) is 0 Å². The molecule has 0 fully saturated rings. The number of hydrogen-bond acceptors (Lipinski definition) is 4. The molecule has 0 bridgehead atoms. The summed E-state index contributed by atoms with van der Waals surface area (Å²) in [5.74, 6) is -3.48. The average molecular weight is 253 g/mol. The molecule has 1 heterocycles. The Bertz CT molecular complexity index is 493. The van der Waals surface area contributed by atoms with E-state index in [2.05, 4.69) is 9.47 Å². The van der Waals surface area contributed by atoms with Crippen molar-refractivity contribution in [1.82, 2.24) is 4.98 Å². The van der Waals surface area contributed by atoms with E-state index in [-0.39, 0.29) is 0 Å². The Labute approximate surface area is 91.6 Å². The number of aromatic carboxylic acids is 1. The first-order chi connectivity index (χ1) is 7.74. The molecule has 0 aliphatic rings. The number of ether oxygens (including phenoxy) is 2. The van der Waals surface area contributed by atoms with Gasteiger partial charge in [-0.25, -0.2) is 4.79 Å². The van der Waals surface area contributed by atoms with E-state index < -0.39 is 35.1 Å². The van der Waals surface area contributed by atoms with Gasteiger partial charge in [0.1, 0.15) is 0 Å². The summed E-state index contributed by atoms with van der Waals surface area (Å²) in [5, 5.41) is 8.72. The van der Waals surface area contributed by atoms with Gasteiger partial charge >= 0.3 is 12.3 Å². The second-order valence-electron chi connectivity index (χ2n) is 2.76. The molecule has 0 aromatic carbocycles. The molecule has 0 saturated carbocycles. The molecular weight excluding hydrogens is 247 g/mol. The van der Waals surface area contributed by atoms with Gasteiger partial charge in [-0.05, 0) is 0 Å². The van der Waals surface area contributed by atoms with Crippen molar-refractivity contribution in [3.05, 3.63) is 22.0 Å². The van der Waals surface area contributed by atoms with Crippen LogP contribution in [0.3, 0.4) is 0 Å². The smallest absolute Gasteiger partial charge is 0.482 e. The van der Waals surface area contributed by atoms with Crippen molar-refractivity contribution in [3.63, 3.8) is 0 Å². The molecule has 1 rings (SSSR count). The number of hydrogen-bond donors (Lipinski definition) is 2. The molecular formula is C8H6F3NO5. The van der Waals surface area contributed by atoms with Gasteiger partial charge in [0.2, 0.25) is 5.88 Å². The number of H-pyrrole nitrogens is 1. The minimum absolute atomic E-state index is 0.374. The topological polar surface area (TPSA) is 88.6 Å². The van der Waals surface area contributed by atoms with Crippen LogP contribution in [-0.2, 0) is 0 Å². The quantitative estimate of drug-likeness (QED) is 0.838. The summed E-state index contributed by atoms with van der Waals surface area (Å²) in [7, 11) is 0.995. The fraction of sp³-hybridized carbons (Fsp3) is 0.250. The highest BCUT2D eigenvalue weighted by atomic mass is 19.4. The van der Waals surface area contributed by atoms with Crippen LogP contribution in [0, 0.1) is 0 Å². The summed E-state index contributed by atoms with van der Waals surface area (Å²) < 4.78 is 43.8.